The fourth-order valence-electron chi connectivity index (χ4n) is 1.93. The maximum Gasteiger partial charge on any atom is 0.0206 e. The quantitative estimate of drug-likeness (QED) is 0.683. The van der Waals surface area contributed by atoms with Crippen molar-refractivity contribution in [3.8, 4) is 0 Å². The molecular weight excluding hydrogens is 238 g/mol. The average Bonchev–Trinajstić information content (AvgIpc) is 2.29. The van der Waals surface area contributed by atoms with Crippen molar-refractivity contribution < 1.29 is 0 Å². The molecular formula is C16H27NS. The molecule has 0 saturated carbocycles. The molecule has 102 valence electrons. The highest BCUT2D eigenvalue weighted by molar-refractivity contribution is 7.99. The third kappa shape index (κ3) is 6.46. The molecule has 0 saturated heterocycles. The van der Waals surface area contributed by atoms with Gasteiger partial charge in [0.15, 0.2) is 0 Å². The van der Waals surface area contributed by atoms with E-state index in [1.54, 1.807) is 0 Å². The zero-order chi connectivity index (χ0) is 13.4. The molecule has 1 rings (SSSR count). The highest BCUT2D eigenvalue weighted by atomic mass is 32.2. The molecule has 0 bridgehead atoms. The van der Waals surface area contributed by atoms with Gasteiger partial charge in [-0.1, -0.05) is 46.2 Å². The zero-order valence-corrected chi connectivity index (χ0v) is 13.0. The van der Waals surface area contributed by atoms with Crippen molar-refractivity contribution in [1.82, 2.24) is 5.32 Å². The molecule has 0 spiro atoms. The van der Waals surface area contributed by atoms with Crippen LogP contribution in [0.3, 0.4) is 0 Å². The van der Waals surface area contributed by atoms with Gasteiger partial charge in [-0.05, 0) is 36.6 Å². The zero-order valence-electron chi connectivity index (χ0n) is 12.2. The monoisotopic (exact) mass is 265 g/mol. The van der Waals surface area contributed by atoms with E-state index in [0.717, 1.165) is 13.1 Å². The van der Waals surface area contributed by atoms with Crippen molar-refractivity contribution in [1.29, 1.82) is 0 Å². The van der Waals surface area contributed by atoms with Crippen LogP contribution in [-0.2, 0) is 6.54 Å². The average molecular weight is 265 g/mol. The predicted molar refractivity (Wildman–Crippen MR) is 83.2 cm³/mol. The van der Waals surface area contributed by atoms with Crippen molar-refractivity contribution in [2.75, 3.05) is 6.54 Å². The summed E-state index contributed by atoms with van der Waals surface area (Å²) in [7, 11) is 0. The SMILES string of the molecule is CCCC(C)Sc1cccc(CNCC(C)C)c1. The first-order valence-corrected chi connectivity index (χ1v) is 7.96. The molecule has 1 unspecified atom stereocenters. The Morgan fingerprint density at radius 2 is 2.00 bits per heavy atom. The van der Waals surface area contributed by atoms with E-state index >= 15 is 0 Å². The van der Waals surface area contributed by atoms with Crippen LogP contribution in [0, 0.1) is 5.92 Å². The van der Waals surface area contributed by atoms with Gasteiger partial charge in [0.25, 0.3) is 0 Å². The van der Waals surface area contributed by atoms with Gasteiger partial charge in [0, 0.05) is 16.7 Å². The maximum absolute atomic E-state index is 3.50. The number of hydrogen-bond acceptors (Lipinski definition) is 2. The van der Waals surface area contributed by atoms with Crippen LogP contribution < -0.4 is 5.32 Å². The van der Waals surface area contributed by atoms with Gasteiger partial charge in [-0.3, -0.25) is 0 Å². The Hall–Kier alpha value is -0.470. The highest BCUT2D eigenvalue weighted by Gasteiger charge is 2.04. The second-order valence-electron chi connectivity index (χ2n) is 5.39. The summed E-state index contributed by atoms with van der Waals surface area (Å²) in [6.45, 7) is 11.1. The smallest absolute Gasteiger partial charge is 0.0206 e. The van der Waals surface area contributed by atoms with Crippen molar-refractivity contribution in [3.05, 3.63) is 29.8 Å². The molecule has 0 aliphatic carbocycles. The maximum atomic E-state index is 3.50. The number of thioether (sulfide) groups is 1. The van der Waals surface area contributed by atoms with E-state index in [4.69, 9.17) is 0 Å². The lowest BCUT2D eigenvalue weighted by Crippen LogP contribution is -2.18. The van der Waals surface area contributed by atoms with Gasteiger partial charge >= 0.3 is 0 Å². The van der Waals surface area contributed by atoms with Crippen LogP contribution in [0.2, 0.25) is 0 Å². The summed E-state index contributed by atoms with van der Waals surface area (Å²) in [5.41, 5.74) is 1.39. The van der Waals surface area contributed by atoms with Gasteiger partial charge in [0.05, 0.1) is 0 Å². The van der Waals surface area contributed by atoms with Crippen LogP contribution >= 0.6 is 11.8 Å². The Kier molecular flexibility index (Phi) is 7.45. The van der Waals surface area contributed by atoms with Crippen LogP contribution in [0.4, 0.5) is 0 Å². The predicted octanol–water partition coefficient (Wildman–Crippen LogP) is 4.71. The fourth-order valence-corrected chi connectivity index (χ4v) is 3.13. The molecule has 0 amide bonds. The first-order chi connectivity index (χ1) is 8.61. The van der Waals surface area contributed by atoms with E-state index in [0.29, 0.717) is 11.2 Å². The summed E-state index contributed by atoms with van der Waals surface area (Å²) < 4.78 is 0. The number of benzene rings is 1. The van der Waals surface area contributed by atoms with Crippen molar-refractivity contribution in [2.24, 2.45) is 5.92 Å². The summed E-state index contributed by atoms with van der Waals surface area (Å²) in [6, 6.07) is 8.93. The molecule has 18 heavy (non-hydrogen) atoms. The Morgan fingerprint density at radius 3 is 2.67 bits per heavy atom. The van der Waals surface area contributed by atoms with Crippen LogP contribution in [0.5, 0.6) is 0 Å². The summed E-state index contributed by atoms with van der Waals surface area (Å²) in [5.74, 6) is 0.715. The minimum absolute atomic E-state index is 0.715. The molecule has 1 aromatic carbocycles. The van der Waals surface area contributed by atoms with Gasteiger partial charge in [-0.25, -0.2) is 0 Å². The van der Waals surface area contributed by atoms with Crippen LogP contribution in [-0.4, -0.2) is 11.8 Å². The van der Waals surface area contributed by atoms with E-state index in [1.165, 1.54) is 23.3 Å². The Labute approximate surface area is 117 Å². The molecule has 0 aliphatic heterocycles. The second-order valence-corrected chi connectivity index (χ2v) is 6.90. The van der Waals surface area contributed by atoms with Crippen LogP contribution in [0.15, 0.2) is 29.2 Å². The van der Waals surface area contributed by atoms with Gasteiger partial charge < -0.3 is 5.32 Å². The Bertz CT molecular complexity index is 336. The Balaban J connectivity index is 2.46. The number of rotatable bonds is 8. The van der Waals surface area contributed by atoms with Gasteiger partial charge in [0.1, 0.15) is 0 Å². The normalized spacial score (nSPS) is 12.9. The van der Waals surface area contributed by atoms with E-state index in [1.807, 2.05) is 11.8 Å². The third-order valence-electron chi connectivity index (χ3n) is 2.81. The third-order valence-corrected chi connectivity index (χ3v) is 3.98. The molecule has 2 heteroatoms. The fraction of sp³-hybridized carbons (Fsp3) is 0.625. The largest absolute Gasteiger partial charge is 0.312 e. The molecule has 1 aromatic rings. The lowest BCUT2D eigenvalue weighted by Gasteiger charge is -2.12. The molecule has 1 N–H and O–H groups in total. The lowest BCUT2D eigenvalue weighted by molar-refractivity contribution is 0.552. The first-order valence-electron chi connectivity index (χ1n) is 7.08. The molecule has 1 atom stereocenters. The van der Waals surface area contributed by atoms with E-state index < -0.39 is 0 Å². The molecule has 0 radical (unpaired) electrons. The first kappa shape index (κ1) is 15.6. The van der Waals surface area contributed by atoms with Gasteiger partial charge in [-0.2, -0.15) is 0 Å². The summed E-state index contributed by atoms with van der Waals surface area (Å²) in [4.78, 5) is 1.40. The van der Waals surface area contributed by atoms with Crippen LogP contribution in [0.25, 0.3) is 0 Å². The lowest BCUT2D eigenvalue weighted by atomic mass is 10.2. The minimum Gasteiger partial charge on any atom is -0.312 e. The van der Waals surface area contributed by atoms with Gasteiger partial charge in [-0.15, -0.1) is 11.8 Å². The van der Waals surface area contributed by atoms with Crippen molar-refractivity contribution in [2.45, 2.75) is 57.2 Å². The van der Waals surface area contributed by atoms with E-state index in [9.17, 15) is 0 Å². The van der Waals surface area contributed by atoms with E-state index in [2.05, 4.69) is 57.3 Å². The topological polar surface area (TPSA) is 12.0 Å². The molecule has 0 heterocycles. The van der Waals surface area contributed by atoms with Crippen molar-refractivity contribution >= 4 is 11.8 Å². The standard InChI is InChI=1S/C16H27NS/c1-5-7-14(4)18-16-9-6-8-15(10-16)12-17-11-13(2)3/h6,8-10,13-14,17H,5,7,11-12H2,1-4H3. The second kappa shape index (κ2) is 8.60. The van der Waals surface area contributed by atoms with Gasteiger partial charge in [0.2, 0.25) is 0 Å². The molecule has 0 aliphatic rings. The van der Waals surface area contributed by atoms with E-state index in [-0.39, 0.29) is 0 Å². The van der Waals surface area contributed by atoms with Crippen LogP contribution in [0.1, 0.15) is 46.1 Å². The molecule has 1 nitrogen and oxygen atoms in total. The minimum atomic E-state index is 0.715. The molecule has 0 aromatic heterocycles. The Morgan fingerprint density at radius 1 is 1.22 bits per heavy atom. The summed E-state index contributed by atoms with van der Waals surface area (Å²) >= 11 is 1.99. The summed E-state index contributed by atoms with van der Waals surface area (Å²) in [6.07, 6.45) is 2.56. The summed E-state index contributed by atoms with van der Waals surface area (Å²) in [5, 5.41) is 4.21. The molecule has 0 fully saturated rings. The number of hydrogen-bond donors (Lipinski definition) is 1. The van der Waals surface area contributed by atoms with Crippen molar-refractivity contribution in [3.63, 3.8) is 0 Å². The highest BCUT2D eigenvalue weighted by Crippen LogP contribution is 2.26. The number of nitrogens with one attached hydrogen (secondary N) is 1.